The predicted molar refractivity (Wildman–Crippen MR) is 105 cm³/mol. The summed E-state index contributed by atoms with van der Waals surface area (Å²) in [6, 6.07) is 23.7. The van der Waals surface area contributed by atoms with Gasteiger partial charge in [0.25, 0.3) is 11.8 Å². The molecular formula is C21H14ClN3O2. The van der Waals surface area contributed by atoms with Gasteiger partial charge in [-0.3, -0.25) is 4.79 Å². The van der Waals surface area contributed by atoms with E-state index in [-0.39, 0.29) is 5.91 Å². The zero-order valence-corrected chi connectivity index (χ0v) is 14.9. The fraction of sp³-hybridized carbons (Fsp3) is 0. The third-order valence-electron chi connectivity index (χ3n) is 3.98. The van der Waals surface area contributed by atoms with Crippen LogP contribution < -0.4 is 5.32 Å². The maximum atomic E-state index is 12.6. The van der Waals surface area contributed by atoms with Crippen molar-refractivity contribution in [3.05, 3.63) is 89.4 Å². The van der Waals surface area contributed by atoms with E-state index in [0.29, 0.717) is 33.6 Å². The summed E-state index contributed by atoms with van der Waals surface area (Å²) < 4.78 is 5.42. The molecule has 0 atom stereocenters. The first-order valence-electron chi connectivity index (χ1n) is 8.27. The molecule has 27 heavy (non-hydrogen) atoms. The van der Waals surface area contributed by atoms with E-state index in [9.17, 15) is 4.79 Å². The van der Waals surface area contributed by atoms with Crippen molar-refractivity contribution in [2.75, 3.05) is 5.32 Å². The highest BCUT2D eigenvalue weighted by Gasteiger charge is 2.17. The molecule has 1 aromatic heterocycles. The summed E-state index contributed by atoms with van der Waals surface area (Å²) >= 11 is 6.11. The highest BCUT2D eigenvalue weighted by Crippen LogP contribution is 2.29. The van der Waals surface area contributed by atoms with Gasteiger partial charge in [0, 0.05) is 5.56 Å². The number of benzene rings is 3. The molecule has 0 saturated carbocycles. The number of hydrogen-bond donors (Lipinski definition) is 1. The zero-order valence-electron chi connectivity index (χ0n) is 14.1. The fourth-order valence-electron chi connectivity index (χ4n) is 2.65. The molecule has 1 heterocycles. The lowest BCUT2D eigenvalue weighted by Gasteiger charge is -2.09. The molecule has 0 spiro atoms. The Morgan fingerprint density at radius 2 is 1.59 bits per heavy atom. The number of nitrogens with zero attached hydrogens (tertiary/aromatic N) is 2. The van der Waals surface area contributed by atoms with Gasteiger partial charge in [-0.1, -0.05) is 71.4 Å². The lowest BCUT2D eigenvalue weighted by Crippen LogP contribution is -2.13. The van der Waals surface area contributed by atoms with Crippen LogP contribution >= 0.6 is 11.6 Å². The van der Waals surface area contributed by atoms with Crippen LogP contribution in [-0.4, -0.2) is 16.0 Å². The number of para-hydroxylation sites is 1. The Labute approximate surface area is 160 Å². The summed E-state index contributed by atoms with van der Waals surface area (Å²) in [5.74, 6) is 0.498. The molecule has 132 valence electrons. The molecular weight excluding hydrogens is 362 g/mol. The largest absolute Gasteiger partial charge is 0.334 e. The second kappa shape index (κ2) is 7.43. The number of rotatable bonds is 4. The van der Waals surface area contributed by atoms with Gasteiger partial charge in [0.05, 0.1) is 21.8 Å². The maximum Gasteiger partial charge on any atom is 0.260 e. The van der Waals surface area contributed by atoms with Crippen molar-refractivity contribution in [2.45, 2.75) is 0 Å². The summed E-state index contributed by atoms with van der Waals surface area (Å²) in [5, 5.41) is 7.29. The van der Waals surface area contributed by atoms with E-state index in [4.69, 9.17) is 16.1 Å². The Kier molecular flexibility index (Phi) is 4.68. The molecule has 0 aliphatic rings. The lowest BCUT2D eigenvalue weighted by molar-refractivity contribution is 0.102. The van der Waals surface area contributed by atoms with E-state index in [1.54, 1.807) is 30.3 Å². The fourth-order valence-corrected chi connectivity index (χ4v) is 2.87. The number of carbonyl (C=O) groups is 1. The van der Waals surface area contributed by atoms with E-state index in [0.717, 1.165) is 5.56 Å². The van der Waals surface area contributed by atoms with Crippen LogP contribution in [0.15, 0.2) is 83.4 Å². The Bertz CT molecular complexity index is 1090. The van der Waals surface area contributed by atoms with Gasteiger partial charge in [-0.25, -0.2) is 0 Å². The summed E-state index contributed by atoms with van der Waals surface area (Å²) in [6.07, 6.45) is 0. The molecule has 1 amide bonds. The first kappa shape index (κ1) is 17.0. The molecule has 0 aliphatic carbocycles. The van der Waals surface area contributed by atoms with Crippen molar-refractivity contribution >= 4 is 23.2 Å². The number of carbonyl (C=O) groups excluding carboxylic acids is 1. The molecule has 4 aromatic rings. The quantitative estimate of drug-likeness (QED) is 0.525. The SMILES string of the molecule is O=C(Nc1ccccc1-c1nc(-c2ccccc2)no1)c1ccccc1Cl. The number of anilines is 1. The second-order valence-electron chi connectivity index (χ2n) is 5.77. The minimum Gasteiger partial charge on any atom is -0.334 e. The maximum absolute atomic E-state index is 12.6. The van der Waals surface area contributed by atoms with Gasteiger partial charge in [0.1, 0.15) is 0 Å². The van der Waals surface area contributed by atoms with E-state index in [2.05, 4.69) is 15.5 Å². The second-order valence-corrected chi connectivity index (χ2v) is 6.18. The summed E-state index contributed by atoms with van der Waals surface area (Å²) in [7, 11) is 0. The Morgan fingerprint density at radius 1 is 0.889 bits per heavy atom. The third kappa shape index (κ3) is 3.59. The summed E-state index contributed by atoms with van der Waals surface area (Å²) in [4.78, 5) is 17.0. The van der Waals surface area contributed by atoms with Crippen molar-refractivity contribution in [1.82, 2.24) is 10.1 Å². The number of nitrogens with one attached hydrogen (secondary N) is 1. The molecule has 0 saturated heterocycles. The van der Waals surface area contributed by atoms with Gasteiger partial charge >= 0.3 is 0 Å². The predicted octanol–water partition coefficient (Wildman–Crippen LogP) is 5.31. The molecule has 3 aromatic carbocycles. The van der Waals surface area contributed by atoms with Crippen LogP contribution in [0.3, 0.4) is 0 Å². The first-order chi connectivity index (χ1) is 13.2. The molecule has 0 fully saturated rings. The Balaban J connectivity index is 1.65. The van der Waals surface area contributed by atoms with Gasteiger partial charge in [0.2, 0.25) is 5.82 Å². The van der Waals surface area contributed by atoms with Crippen LogP contribution in [-0.2, 0) is 0 Å². The Hall–Kier alpha value is -3.44. The van der Waals surface area contributed by atoms with Crippen molar-refractivity contribution in [1.29, 1.82) is 0 Å². The number of aromatic nitrogens is 2. The highest BCUT2D eigenvalue weighted by atomic mass is 35.5. The normalized spacial score (nSPS) is 10.6. The van der Waals surface area contributed by atoms with Crippen molar-refractivity contribution in [3.63, 3.8) is 0 Å². The Morgan fingerprint density at radius 3 is 2.41 bits per heavy atom. The molecule has 0 aliphatic heterocycles. The number of halogens is 1. The van der Waals surface area contributed by atoms with Crippen LogP contribution in [0, 0.1) is 0 Å². The van der Waals surface area contributed by atoms with Crippen LogP contribution in [0.5, 0.6) is 0 Å². The van der Waals surface area contributed by atoms with Crippen molar-refractivity contribution in [2.24, 2.45) is 0 Å². The topological polar surface area (TPSA) is 68.0 Å². The van der Waals surface area contributed by atoms with Crippen LogP contribution in [0.4, 0.5) is 5.69 Å². The van der Waals surface area contributed by atoms with E-state index >= 15 is 0 Å². The van der Waals surface area contributed by atoms with Gasteiger partial charge in [-0.05, 0) is 24.3 Å². The standard InChI is InChI=1S/C21H14ClN3O2/c22-17-12-6-4-10-15(17)20(26)23-18-13-7-5-11-16(18)21-24-19(25-27-21)14-8-2-1-3-9-14/h1-13H,(H,23,26). The van der Waals surface area contributed by atoms with Crippen LogP contribution in [0.2, 0.25) is 5.02 Å². The molecule has 5 nitrogen and oxygen atoms in total. The molecule has 1 N–H and O–H groups in total. The third-order valence-corrected chi connectivity index (χ3v) is 4.31. The van der Waals surface area contributed by atoms with Crippen LogP contribution in [0.1, 0.15) is 10.4 Å². The molecule has 4 rings (SSSR count). The van der Waals surface area contributed by atoms with Gasteiger partial charge in [-0.15, -0.1) is 0 Å². The minimum absolute atomic E-state index is 0.309. The average Bonchev–Trinajstić information content (AvgIpc) is 3.19. The van der Waals surface area contributed by atoms with Crippen molar-refractivity contribution in [3.8, 4) is 22.8 Å². The first-order valence-corrected chi connectivity index (χ1v) is 8.64. The smallest absolute Gasteiger partial charge is 0.260 e. The zero-order chi connectivity index (χ0) is 18.6. The highest BCUT2D eigenvalue weighted by molar-refractivity contribution is 6.34. The van der Waals surface area contributed by atoms with Crippen molar-refractivity contribution < 1.29 is 9.32 Å². The molecule has 0 radical (unpaired) electrons. The number of hydrogen-bond acceptors (Lipinski definition) is 4. The minimum atomic E-state index is -0.309. The van der Waals surface area contributed by atoms with Gasteiger partial charge < -0.3 is 9.84 Å². The van der Waals surface area contributed by atoms with Crippen LogP contribution in [0.25, 0.3) is 22.8 Å². The van der Waals surface area contributed by atoms with E-state index in [1.807, 2.05) is 48.5 Å². The van der Waals surface area contributed by atoms with E-state index < -0.39 is 0 Å². The average molecular weight is 376 g/mol. The van der Waals surface area contributed by atoms with Gasteiger partial charge in [-0.2, -0.15) is 4.98 Å². The summed E-state index contributed by atoms with van der Waals surface area (Å²) in [6.45, 7) is 0. The lowest BCUT2D eigenvalue weighted by atomic mass is 10.1. The van der Waals surface area contributed by atoms with E-state index in [1.165, 1.54) is 0 Å². The van der Waals surface area contributed by atoms with Gasteiger partial charge in [0.15, 0.2) is 0 Å². The monoisotopic (exact) mass is 375 g/mol. The molecule has 6 heteroatoms. The molecule has 0 unspecified atom stereocenters. The number of amides is 1. The molecule has 0 bridgehead atoms. The summed E-state index contributed by atoms with van der Waals surface area (Å²) in [5.41, 5.74) is 2.44.